The van der Waals surface area contributed by atoms with Crippen molar-refractivity contribution in [2.75, 3.05) is 0 Å². The number of ether oxygens (including phenoxy) is 2. The van der Waals surface area contributed by atoms with Crippen molar-refractivity contribution in [3.63, 3.8) is 0 Å². The molecule has 0 spiro atoms. The molecule has 0 saturated heterocycles. The highest BCUT2D eigenvalue weighted by Crippen LogP contribution is 2.68. The number of hydrogen-bond acceptors (Lipinski definition) is 5. The van der Waals surface area contributed by atoms with Crippen LogP contribution in [0.25, 0.3) is 0 Å². The minimum atomic E-state index is -0.445. The third-order valence-electron chi connectivity index (χ3n) is 10.6. The lowest BCUT2D eigenvalue weighted by atomic mass is 9.44. The summed E-state index contributed by atoms with van der Waals surface area (Å²) in [6.07, 6.45) is 6.90. The second-order valence-corrected chi connectivity index (χ2v) is 12.5. The lowest BCUT2D eigenvalue weighted by Crippen LogP contribution is -2.57. The SMILES string of the molecule is C=C(C)CC(=O)C1=C(C)C2[C@H](CC3C4CCC5C[C@@H](OC(C)=O)CC[C@]5(C)C4CC(=O)[C@@]32C)O1. The molecule has 4 fully saturated rings. The quantitative estimate of drug-likeness (QED) is 0.398. The predicted octanol–water partition coefficient (Wildman–Crippen LogP) is 5.57. The molecule has 5 aliphatic rings. The van der Waals surface area contributed by atoms with Gasteiger partial charge in [-0.2, -0.15) is 0 Å². The molecule has 9 atom stereocenters. The van der Waals surface area contributed by atoms with E-state index in [0.717, 1.165) is 49.7 Å². The molecule has 0 aromatic heterocycles. The first kappa shape index (κ1) is 23.8. The number of hydrogen-bond donors (Lipinski definition) is 0. The zero-order chi connectivity index (χ0) is 24.6. The maximum absolute atomic E-state index is 14.0. The summed E-state index contributed by atoms with van der Waals surface area (Å²) in [5.74, 6) is 2.42. The zero-order valence-corrected chi connectivity index (χ0v) is 21.4. The van der Waals surface area contributed by atoms with E-state index in [4.69, 9.17) is 9.47 Å². The Hall–Kier alpha value is -1.91. The van der Waals surface area contributed by atoms with Gasteiger partial charge in [0, 0.05) is 31.1 Å². The molecule has 4 aliphatic carbocycles. The van der Waals surface area contributed by atoms with Crippen LogP contribution in [0.3, 0.4) is 0 Å². The van der Waals surface area contributed by atoms with E-state index in [1.165, 1.54) is 6.92 Å². The highest BCUT2D eigenvalue weighted by molar-refractivity contribution is 5.97. The van der Waals surface area contributed by atoms with E-state index in [0.29, 0.717) is 48.1 Å². The van der Waals surface area contributed by atoms with E-state index < -0.39 is 5.41 Å². The average molecular weight is 469 g/mol. The van der Waals surface area contributed by atoms with Crippen LogP contribution in [0.15, 0.2) is 23.5 Å². The standard InChI is InChI=1S/C29H40O5/c1-15(2)11-23(31)27-16(3)26-24(34-27)13-22-20-8-7-18-12-19(33-17(4)30)9-10-28(18,5)21(20)14-25(32)29(22,26)6/h18-22,24,26H,1,7-14H2,2-6H3/t18?,19-,20?,21?,22?,24-,26?,28-,29+/m0/s1. The van der Waals surface area contributed by atoms with Gasteiger partial charge in [-0.3, -0.25) is 14.4 Å². The van der Waals surface area contributed by atoms with Gasteiger partial charge in [-0.25, -0.2) is 0 Å². The molecule has 4 saturated carbocycles. The molecule has 34 heavy (non-hydrogen) atoms. The van der Waals surface area contributed by atoms with Gasteiger partial charge in [-0.1, -0.05) is 26.0 Å². The van der Waals surface area contributed by atoms with Gasteiger partial charge in [-0.15, -0.1) is 0 Å². The lowest BCUT2D eigenvalue weighted by Gasteiger charge is -2.60. The molecule has 0 N–H and O–H groups in total. The fourth-order valence-corrected chi connectivity index (χ4v) is 9.15. The Balaban J connectivity index is 1.40. The summed E-state index contributed by atoms with van der Waals surface area (Å²) < 4.78 is 11.9. The van der Waals surface area contributed by atoms with Crippen LogP contribution in [0, 0.1) is 40.4 Å². The smallest absolute Gasteiger partial charge is 0.302 e. The molecular weight excluding hydrogens is 428 g/mol. The van der Waals surface area contributed by atoms with Crippen LogP contribution in [0.2, 0.25) is 0 Å². The molecule has 5 nitrogen and oxygen atoms in total. The third kappa shape index (κ3) is 3.36. The Morgan fingerprint density at radius 1 is 1.12 bits per heavy atom. The van der Waals surface area contributed by atoms with Crippen molar-refractivity contribution in [3.8, 4) is 0 Å². The van der Waals surface area contributed by atoms with Crippen LogP contribution in [0.4, 0.5) is 0 Å². The summed E-state index contributed by atoms with van der Waals surface area (Å²) >= 11 is 0. The minimum Gasteiger partial charge on any atom is -0.486 e. The molecule has 5 heteroatoms. The van der Waals surface area contributed by atoms with Crippen molar-refractivity contribution in [1.82, 2.24) is 0 Å². The monoisotopic (exact) mass is 468 g/mol. The summed E-state index contributed by atoms with van der Waals surface area (Å²) in [6, 6.07) is 0. The molecule has 0 radical (unpaired) electrons. The van der Waals surface area contributed by atoms with Gasteiger partial charge in [0.15, 0.2) is 5.76 Å². The van der Waals surface area contributed by atoms with Crippen molar-refractivity contribution in [2.45, 2.75) is 98.2 Å². The summed E-state index contributed by atoms with van der Waals surface area (Å²) in [5.41, 5.74) is 1.50. The van der Waals surface area contributed by atoms with Crippen LogP contribution < -0.4 is 0 Å². The highest BCUT2D eigenvalue weighted by Gasteiger charge is 2.68. The summed E-state index contributed by atoms with van der Waals surface area (Å²) in [7, 11) is 0. The Morgan fingerprint density at radius 2 is 1.85 bits per heavy atom. The highest BCUT2D eigenvalue weighted by atomic mass is 16.5. The van der Waals surface area contributed by atoms with Crippen LogP contribution in [0.5, 0.6) is 0 Å². The lowest BCUT2D eigenvalue weighted by molar-refractivity contribution is -0.165. The van der Waals surface area contributed by atoms with Crippen molar-refractivity contribution in [2.24, 2.45) is 40.4 Å². The molecule has 5 rings (SSSR count). The number of fused-ring (bicyclic) bond motifs is 7. The molecular formula is C29H40O5. The van der Waals surface area contributed by atoms with E-state index >= 15 is 0 Å². The first-order valence-corrected chi connectivity index (χ1v) is 13.2. The molecule has 186 valence electrons. The predicted molar refractivity (Wildman–Crippen MR) is 129 cm³/mol. The van der Waals surface area contributed by atoms with Gasteiger partial charge in [-0.05, 0) is 87.0 Å². The van der Waals surface area contributed by atoms with E-state index in [1.54, 1.807) is 0 Å². The number of allylic oxidation sites excluding steroid dienone is 2. The third-order valence-corrected chi connectivity index (χ3v) is 10.6. The summed E-state index contributed by atoms with van der Waals surface area (Å²) in [4.78, 5) is 38.3. The van der Waals surface area contributed by atoms with Gasteiger partial charge in [0.05, 0.1) is 0 Å². The van der Waals surface area contributed by atoms with E-state index in [1.807, 2.05) is 13.8 Å². The number of Topliss-reactive ketones (excluding diaryl/α,β-unsaturated/α-hetero) is 2. The van der Waals surface area contributed by atoms with E-state index in [-0.39, 0.29) is 35.3 Å². The van der Waals surface area contributed by atoms with E-state index in [9.17, 15) is 14.4 Å². The van der Waals surface area contributed by atoms with E-state index in [2.05, 4.69) is 20.4 Å². The summed E-state index contributed by atoms with van der Waals surface area (Å²) in [6.45, 7) is 13.8. The summed E-state index contributed by atoms with van der Waals surface area (Å²) in [5, 5.41) is 0. The Kier molecular flexibility index (Phi) is 5.65. The minimum absolute atomic E-state index is 0.00163. The fraction of sp³-hybridized carbons (Fsp3) is 0.759. The Bertz CT molecular complexity index is 977. The van der Waals surface area contributed by atoms with Gasteiger partial charge >= 0.3 is 5.97 Å². The molecule has 0 aromatic carbocycles. The Morgan fingerprint density at radius 3 is 2.53 bits per heavy atom. The number of carbonyl (C=O) groups excluding carboxylic acids is 3. The largest absolute Gasteiger partial charge is 0.486 e. The molecule has 0 aromatic rings. The van der Waals surface area contributed by atoms with Gasteiger partial charge in [0.1, 0.15) is 18.0 Å². The van der Waals surface area contributed by atoms with Crippen LogP contribution in [-0.2, 0) is 23.9 Å². The van der Waals surface area contributed by atoms with Crippen molar-refractivity contribution in [3.05, 3.63) is 23.5 Å². The first-order valence-electron chi connectivity index (χ1n) is 13.2. The average Bonchev–Trinajstić information content (AvgIpc) is 3.23. The second kappa shape index (κ2) is 8.06. The molecule has 5 unspecified atom stereocenters. The molecule has 1 heterocycles. The number of esters is 1. The van der Waals surface area contributed by atoms with Crippen molar-refractivity contribution < 1.29 is 23.9 Å². The Labute approximate surface area is 203 Å². The normalized spacial score (nSPS) is 45.0. The van der Waals surface area contributed by atoms with Crippen LogP contribution >= 0.6 is 0 Å². The maximum Gasteiger partial charge on any atom is 0.302 e. The van der Waals surface area contributed by atoms with Gasteiger partial charge in [0.2, 0.25) is 5.78 Å². The number of rotatable bonds is 4. The molecule has 0 amide bonds. The van der Waals surface area contributed by atoms with Gasteiger partial charge in [0.25, 0.3) is 0 Å². The second-order valence-electron chi connectivity index (χ2n) is 12.5. The van der Waals surface area contributed by atoms with Crippen LogP contribution in [0.1, 0.15) is 86.0 Å². The number of carbonyl (C=O) groups is 3. The van der Waals surface area contributed by atoms with Crippen molar-refractivity contribution >= 4 is 17.5 Å². The molecule has 1 aliphatic heterocycles. The fourth-order valence-electron chi connectivity index (χ4n) is 9.15. The van der Waals surface area contributed by atoms with Gasteiger partial charge < -0.3 is 9.47 Å². The zero-order valence-electron chi connectivity index (χ0n) is 21.4. The number of ketones is 2. The van der Waals surface area contributed by atoms with Crippen molar-refractivity contribution in [1.29, 1.82) is 0 Å². The maximum atomic E-state index is 14.0. The molecule has 0 bridgehead atoms. The topological polar surface area (TPSA) is 69.7 Å². The first-order chi connectivity index (χ1) is 16.0. The van der Waals surface area contributed by atoms with Crippen LogP contribution in [-0.4, -0.2) is 29.7 Å².